The second-order valence-electron chi connectivity index (χ2n) is 15.7. The van der Waals surface area contributed by atoms with Gasteiger partial charge in [0, 0.05) is 24.3 Å². The first-order valence-electron chi connectivity index (χ1n) is 21.6. The highest BCUT2D eigenvalue weighted by atomic mass is 35.5. The molecular weight excluding hydrogens is 903 g/mol. The Morgan fingerprint density at radius 1 is 0.455 bits per heavy atom. The van der Waals surface area contributed by atoms with Gasteiger partial charge in [0.1, 0.15) is 85.8 Å². The highest BCUT2D eigenvalue weighted by molar-refractivity contribution is 6.31. The van der Waals surface area contributed by atoms with Crippen molar-refractivity contribution in [3.63, 3.8) is 0 Å². The summed E-state index contributed by atoms with van der Waals surface area (Å²) in [5.74, 6) is 1.46. The second-order valence-corrected chi connectivity index (χ2v) is 16.6. The fraction of sp³-hybridized carbons (Fsp3) is 0.500. The molecule has 0 spiro atoms. The fourth-order valence-corrected chi connectivity index (χ4v) is 7.71. The number of aliphatic hydroxyl groups excluding tert-OH is 8. The van der Waals surface area contributed by atoms with E-state index in [0.717, 1.165) is 33.8 Å². The van der Waals surface area contributed by atoms with Crippen LogP contribution in [0.4, 0.5) is 0 Å². The average molecular weight is 966 g/mol. The van der Waals surface area contributed by atoms with Gasteiger partial charge in [0.25, 0.3) is 0 Å². The van der Waals surface area contributed by atoms with Crippen molar-refractivity contribution in [2.75, 3.05) is 80.3 Å². The molecule has 16 nitrogen and oxygen atoms in total. The summed E-state index contributed by atoms with van der Waals surface area (Å²) < 4.78 is 43.2. The maximum Gasteiger partial charge on any atom is 0.119 e. The van der Waals surface area contributed by atoms with Crippen molar-refractivity contribution in [1.82, 2.24) is 0 Å². The van der Waals surface area contributed by atoms with E-state index < -0.39 is 74.3 Å². The topological polar surface area (TPSA) is 236 Å². The molecule has 8 N–H and O–H groups in total. The molecule has 0 radical (unpaired) electrons. The van der Waals surface area contributed by atoms with E-state index in [9.17, 15) is 40.9 Å². The molecule has 10 atom stereocenters. The van der Waals surface area contributed by atoms with Crippen LogP contribution in [0.2, 0.25) is 10.0 Å². The van der Waals surface area contributed by atoms with Gasteiger partial charge in [-0.15, -0.1) is 0 Å². The molecule has 364 valence electrons. The van der Waals surface area contributed by atoms with Crippen LogP contribution in [0.1, 0.15) is 45.6 Å². The first kappa shape index (κ1) is 53.5. The normalized spacial score (nSPS) is 25.2. The molecule has 66 heavy (non-hydrogen) atoms. The third-order valence-electron chi connectivity index (χ3n) is 11.1. The molecule has 18 heteroatoms. The third-order valence-corrected chi connectivity index (χ3v) is 11.8. The van der Waals surface area contributed by atoms with Gasteiger partial charge in [-0.05, 0) is 82.6 Å². The standard InChI is InChI=1S/2C24H31ClO8/c2*1-30-8-9-31-10-11-32-18-5-2-15(3-6-18)12-17-13-16(4-7-19(17)25)24-23(29)22(28)21(27)20(14-26)33-24/h2*2-7,13,20-24,26-29H,8-12,14H2,1H3/t20-,21-,22+,23-,24+;20-,21-,22+,23-,24-/m11/s1. The van der Waals surface area contributed by atoms with Crippen LogP contribution in [0, 0.1) is 0 Å². The van der Waals surface area contributed by atoms with Gasteiger partial charge in [-0.25, -0.2) is 0 Å². The number of hydrogen-bond acceptors (Lipinski definition) is 16. The van der Waals surface area contributed by atoms with E-state index in [1.165, 1.54) is 0 Å². The third kappa shape index (κ3) is 15.3. The lowest BCUT2D eigenvalue weighted by molar-refractivity contribution is -0.231. The van der Waals surface area contributed by atoms with E-state index in [1.54, 1.807) is 50.6 Å². The van der Waals surface area contributed by atoms with Gasteiger partial charge in [-0.2, -0.15) is 0 Å². The number of aliphatic hydroxyl groups is 8. The van der Waals surface area contributed by atoms with Gasteiger partial charge in [-0.1, -0.05) is 71.7 Å². The number of ether oxygens (including phenoxy) is 8. The summed E-state index contributed by atoms with van der Waals surface area (Å²) in [5, 5.41) is 81.0. The molecule has 2 aliphatic rings. The van der Waals surface area contributed by atoms with E-state index in [-0.39, 0.29) is 0 Å². The average Bonchev–Trinajstić information content (AvgIpc) is 3.33. The maximum atomic E-state index is 10.4. The van der Waals surface area contributed by atoms with Gasteiger partial charge in [0.05, 0.1) is 52.9 Å². The summed E-state index contributed by atoms with van der Waals surface area (Å²) in [7, 11) is 3.25. The van der Waals surface area contributed by atoms with Crippen LogP contribution in [0.25, 0.3) is 0 Å². The predicted molar refractivity (Wildman–Crippen MR) is 243 cm³/mol. The van der Waals surface area contributed by atoms with E-state index in [2.05, 4.69) is 0 Å². The van der Waals surface area contributed by atoms with Crippen molar-refractivity contribution in [2.24, 2.45) is 0 Å². The zero-order valence-electron chi connectivity index (χ0n) is 36.9. The Morgan fingerprint density at radius 2 is 0.818 bits per heavy atom. The maximum absolute atomic E-state index is 10.4. The van der Waals surface area contributed by atoms with Crippen molar-refractivity contribution in [3.8, 4) is 11.5 Å². The van der Waals surface area contributed by atoms with Crippen molar-refractivity contribution < 1.29 is 78.7 Å². The summed E-state index contributed by atoms with van der Waals surface area (Å²) in [4.78, 5) is 0. The lowest BCUT2D eigenvalue weighted by Gasteiger charge is -2.40. The molecule has 2 fully saturated rings. The molecular formula is C48H62Cl2O16. The first-order valence-corrected chi connectivity index (χ1v) is 22.4. The van der Waals surface area contributed by atoms with Crippen molar-refractivity contribution >= 4 is 23.2 Å². The zero-order valence-corrected chi connectivity index (χ0v) is 38.5. The quantitative estimate of drug-likeness (QED) is 0.0529. The molecule has 0 aromatic heterocycles. The van der Waals surface area contributed by atoms with Crippen LogP contribution in [-0.2, 0) is 41.3 Å². The van der Waals surface area contributed by atoms with Gasteiger partial charge < -0.3 is 78.7 Å². The Hall–Kier alpha value is -3.50. The van der Waals surface area contributed by atoms with Crippen LogP contribution >= 0.6 is 23.2 Å². The molecule has 2 heterocycles. The molecule has 4 aromatic rings. The number of rotatable bonds is 22. The number of methoxy groups -OCH3 is 2. The van der Waals surface area contributed by atoms with Crippen LogP contribution in [0.15, 0.2) is 84.9 Å². The van der Waals surface area contributed by atoms with Crippen LogP contribution in [-0.4, -0.2) is 170 Å². The summed E-state index contributed by atoms with van der Waals surface area (Å²) in [6.45, 7) is 3.04. The number of halogens is 2. The Labute approximate surface area is 394 Å². The van der Waals surface area contributed by atoms with Crippen molar-refractivity contribution in [3.05, 3.63) is 128 Å². The Kier molecular flexibility index (Phi) is 22.3. The first-order chi connectivity index (χ1) is 31.9. The minimum absolute atomic E-state index is 0.441. The predicted octanol–water partition coefficient (Wildman–Crippen LogP) is 2.98. The molecule has 0 amide bonds. The highest BCUT2D eigenvalue weighted by Gasteiger charge is 2.45. The van der Waals surface area contributed by atoms with Gasteiger partial charge in [-0.3, -0.25) is 0 Å². The largest absolute Gasteiger partial charge is 0.491 e. The van der Waals surface area contributed by atoms with Crippen LogP contribution in [0.3, 0.4) is 0 Å². The lowest BCUT2D eigenvalue weighted by Crippen LogP contribution is -2.55. The van der Waals surface area contributed by atoms with Crippen molar-refractivity contribution in [1.29, 1.82) is 0 Å². The van der Waals surface area contributed by atoms with E-state index in [1.807, 2.05) is 48.5 Å². The van der Waals surface area contributed by atoms with E-state index >= 15 is 0 Å². The molecule has 4 aromatic carbocycles. The number of hydrogen-bond donors (Lipinski definition) is 8. The second kappa shape index (κ2) is 27.5. The van der Waals surface area contributed by atoms with Crippen LogP contribution in [0.5, 0.6) is 11.5 Å². The SMILES string of the molecule is COCCOCCOc1ccc(Cc2cc([C@@H]3O[C@H](CO)[C@@H](O)[C@H](O)[C@H]3O)ccc2Cl)cc1.COCCOCCOc1ccc(Cc2cc([C@H]3O[C@H](CO)[C@@H](O)[C@H](O)[C@H]3O)ccc2Cl)cc1. The number of benzene rings is 4. The van der Waals surface area contributed by atoms with Gasteiger partial charge in [0.2, 0.25) is 0 Å². The molecule has 2 aliphatic heterocycles. The van der Waals surface area contributed by atoms with Gasteiger partial charge in [0.15, 0.2) is 0 Å². The molecule has 0 unspecified atom stereocenters. The summed E-state index contributed by atoms with van der Waals surface area (Å²) in [6, 6.07) is 25.7. The monoisotopic (exact) mass is 964 g/mol. The Balaban J connectivity index is 0.000000247. The van der Waals surface area contributed by atoms with E-state index in [0.29, 0.717) is 86.9 Å². The van der Waals surface area contributed by atoms with Gasteiger partial charge >= 0.3 is 0 Å². The fourth-order valence-electron chi connectivity index (χ4n) is 7.34. The summed E-state index contributed by atoms with van der Waals surface area (Å²) in [6.07, 6.45) is -11.0. The minimum Gasteiger partial charge on any atom is -0.491 e. The Morgan fingerprint density at radius 3 is 1.17 bits per heavy atom. The molecule has 0 saturated carbocycles. The van der Waals surface area contributed by atoms with Crippen molar-refractivity contribution in [2.45, 2.75) is 73.9 Å². The summed E-state index contributed by atoms with van der Waals surface area (Å²) in [5.41, 5.74) is 4.83. The minimum atomic E-state index is -1.43. The Bertz CT molecular complexity index is 1860. The zero-order chi connectivity index (χ0) is 47.6. The summed E-state index contributed by atoms with van der Waals surface area (Å²) >= 11 is 12.8. The van der Waals surface area contributed by atoms with Crippen LogP contribution < -0.4 is 9.47 Å². The lowest BCUT2D eigenvalue weighted by atomic mass is 9.90. The molecule has 2 saturated heterocycles. The molecule has 0 bridgehead atoms. The molecule has 6 rings (SSSR count). The highest BCUT2D eigenvalue weighted by Crippen LogP contribution is 2.36. The molecule has 0 aliphatic carbocycles. The smallest absolute Gasteiger partial charge is 0.119 e. The van der Waals surface area contributed by atoms with E-state index in [4.69, 9.17) is 61.1 Å².